The molecule has 1 aliphatic rings. The number of hydrogen-bond acceptors (Lipinski definition) is 1. The van der Waals surface area contributed by atoms with Gasteiger partial charge in [-0.3, -0.25) is 0 Å². The van der Waals surface area contributed by atoms with Crippen LogP contribution in [0.4, 0.5) is 4.39 Å². The SMILES string of the molecule is CC1CCC(OCc2ccc(F)c(Br)c2)CC1. The Balaban J connectivity index is 1.83. The molecule has 2 rings (SSSR count). The van der Waals surface area contributed by atoms with Crippen molar-refractivity contribution in [3.8, 4) is 0 Å². The predicted octanol–water partition coefficient (Wildman–Crippen LogP) is 4.68. The lowest BCUT2D eigenvalue weighted by Crippen LogP contribution is -2.20. The summed E-state index contributed by atoms with van der Waals surface area (Å²) in [5.41, 5.74) is 1.02. The highest BCUT2D eigenvalue weighted by molar-refractivity contribution is 9.10. The van der Waals surface area contributed by atoms with Crippen molar-refractivity contribution in [3.05, 3.63) is 34.1 Å². The van der Waals surface area contributed by atoms with Crippen molar-refractivity contribution < 1.29 is 9.13 Å². The first-order valence-corrected chi connectivity index (χ1v) is 7.00. The molecule has 1 nitrogen and oxygen atoms in total. The van der Waals surface area contributed by atoms with Gasteiger partial charge < -0.3 is 4.74 Å². The van der Waals surface area contributed by atoms with E-state index in [9.17, 15) is 4.39 Å². The first kappa shape index (κ1) is 13.0. The molecule has 1 aromatic carbocycles. The lowest BCUT2D eigenvalue weighted by Gasteiger charge is -2.26. The largest absolute Gasteiger partial charge is 0.374 e. The average molecular weight is 301 g/mol. The first-order valence-electron chi connectivity index (χ1n) is 6.20. The molecule has 17 heavy (non-hydrogen) atoms. The fourth-order valence-corrected chi connectivity index (χ4v) is 2.67. The van der Waals surface area contributed by atoms with E-state index in [0.717, 1.165) is 24.3 Å². The predicted molar refractivity (Wildman–Crippen MR) is 70.3 cm³/mol. The van der Waals surface area contributed by atoms with Gasteiger partial charge in [0.25, 0.3) is 0 Å². The van der Waals surface area contributed by atoms with Gasteiger partial charge in [0.15, 0.2) is 0 Å². The Bertz CT molecular complexity index is 372. The molecule has 0 heterocycles. The fraction of sp³-hybridized carbons (Fsp3) is 0.571. The summed E-state index contributed by atoms with van der Waals surface area (Å²) in [5.74, 6) is 0.620. The molecule has 1 aliphatic carbocycles. The zero-order valence-electron chi connectivity index (χ0n) is 10.1. The van der Waals surface area contributed by atoms with Crippen molar-refractivity contribution in [2.45, 2.75) is 45.3 Å². The molecule has 0 radical (unpaired) electrons. The summed E-state index contributed by atoms with van der Waals surface area (Å²) in [4.78, 5) is 0. The molecule has 94 valence electrons. The summed E-state index contributed by atoms with van der Waals surface area (Å²) >= 11 is 3.19. The van der Waals surface area contributed by atoms with Gasteiger partial charge in [0.1, 0.15) is 5.82 Å². The van der Waals surface area contributed by atoms with E-state index in [1.165, 1.54) is 18.9 Å². The molecule has 1 fully saturated rings. The second kappa shape index (κ2) is 5.96. The maximum absolute atomic E-state index is 13.0. The monoisotopic (exact) mass is 300 g/mol. The van der Waals surface area contributed by atoms with Gasteiger partial charge in [0.05, 0.1) is 17.2 Å². The highest BCUT2D eigenvalue weighted by Crippen LogP contribution is 2.26. The summed E-state index contributed by atoms with van der Waals surface area (Å²) in [6.45, 7) is 2.88. The van der Waals surface area contributed by atoms with Crippen molar-refractivity contribution in [2.24, 2.45) is 5.92 Å². The summed E-state index contributed by atoms with van der Waals surface area (Å²) in [5, 5.41) is 0. The molecule has 0 N–H and O–H groups in total. The third-order valence-corrected chi connectivity index (χ3v) is 4.04. The van der Waals surface area contributed by atoms with Gasteiger partial charge in [-0.1, -0.05) is 13.0 Å². The fourth-order valence-electron chi connectivity index (χ4n) is 2.24. The van der Waals surface area contributed by atoms with Crippen LogP contribution in [0.1, 0.15) is 38.2 Å². The summed E-state index contributed by atoms with van der Waals surface area (Å²) < 4.78 is 19.4. The Morgan fingerprint density at radius 1 is 1.29 bits per heavy atom. The van der Waals surface area contributed by atoms with E-state index in [1.807, 2.05) is 0 Å². The van der Waals surface area contributed by atoms with Crippen LogP contribution in [0.2, 0.25) is 0 Å². The Morgan fingerprint density at radius 3 is 2.65 bits per heavy atom. The van der Waals surface area contributed by atoms with Crippen molar-refractivity contribution in [3.63, 3.8) is 0 Å². The summed E-state index contributed by atoms with van der Waals surface area (Å²) in [7, 11) is 0. The van der Waals surface area contributed by atoms with E-state index in [1.54, 1.807) is 12.1 Å². The zero-order valence-corrected chi connectivity index (χ0v) is 11.7. The minimum atomic E-state index is -0.222. The van der Waals surface area contributed by atoms with Crippen LogP contribution in [0.3, 0.4) is 0 Å². The van der Waals surface area contributed by atoms with Gasteiger partial charge in [-0.05, 0) is 65.2 Å². The first-order chi connectivity index (χ1) is 8.15. The number of benzene rings is 1. The average Bonchev–Trinajstić information content (AvgIpc) is 2.33. The topological polar surface area (TPSA) is 9.23 Å². The Hall–Kier alpha value is -0.410. The normalized spacial score (nSPS) is 24.9. The molecule has 1 saturated carbocycles. The molecule has 0 aliphatic heterocycles. The Morgan fingerprint density at radius 2 is 2.00 bits per heavy atom. The van der Waals surface area contributed by atoms with Gasteiger partial charge in [0.2, 0.25) is 0 Å². The van der Waals surface area contributed by atoms with Gasteiger partial charge >= 0.3 is 0 Å². The van der Waals surface area contributed by atoms with Crippen LogP contribution in [-0.4, -0.2) is 6.10 Å². The minimum Gasteiger partial charge on any atom is -0.374 e. The molecular weight excluding hydrogens is 283 g/mol. The quantitative estimate of drug-likeness (QED) is 0.787. The Labute approximate surface area is 110 Å². The van der Waals surface area contributed by atoms with Gasteiger partial charge in [-0.25, -0.2) is 4.39 Å². The molecule has 0 bridgehead atoms. The summed E-state index contributed by atoms with van der Waals surface area (Å²) in [6.07, 6.45) is 5.22. The van der Waals surface area contributed by atoms with Crippen molar-refractivity contribution in [1.82, 2.24) is 0 Å². The number of ether oxygens (including phenoxy) is 1. The van der Waals surface area contributed by atoms with Crippen LogP contribution in [0, 0.1) is 11.7 Å². The molecule has 3 heteroatoms. The highest BCUT2D eigenvalue weighted by Gasteiger charge is 2.18. The highest BCUT2D eigenvalue weighted by atomic mass is 79.9. The van der Waals surface area contributed by atoms with Crippen LogP contribution < -0.4 is 0 Å². The molecule has 1 aromatic rings. The second-order valence-electron chi connectivity index (χ2n) is 4.94. The van der Waals surface area contributed by atoms with Crippen LogP contribution in [0.25, 0.3) is 0 Å². The number of halogens is 2. The van der Waals surface area contributed by atoms with Crippen LogP contribution in [-0.2, 0) is 11.3 Å². The van der Waals surface area contributed by atoms with Crippen molar-refractivity contribution in [1.29, 1.82) is 0 Å². The molecule has 0 amide bonds. The minimum absolute atomic E-state index is 0.222. The van der Waals surface area contributed by atoms with E-state index in [-0.39, 0.29) is 5.82 Å². The van der Waals surface area contributed by atoms with E-state index < -0.39 is 0 Å². The lowest BCUT2D eigenvalue weighted by molar-refractivity contribution is 0.00873. The molecule has 0 spiro atoms. The zero-order chi connectivity index (χ0) is 12.3. The molecule has 0 atom stereocenters. The lowest BCUT2D eigenvalue weighted by atomic mass is 9.89. The van der Waals surface area contributed by atoms with E-state index >= 15 is 0 Å². The standard InChI is InChI=1S/C14H18BrFO/c1-10-2-5-12(6-3-10)17-9-11-4-7-14(16)13(15)8-11/h4,7-8,10,12H,2-3,5-6,9H2,1H3. The molecular formula is C14H18BrFO. The van der Waals surface area contributed by atoms with E-state index in [2.05, 4.69) is 22.9 Å². The third-order valence-electron chi connectivity index (χ3n) is 3.43. The summed E-state index contributed by atoms with van der Waals surface area (Å²) in [6, 6.07) is 5.05. The van der Waals surface area contributed by atoms with Crippen molar-refractivity contribution in [2.75, 3.05) is 0 Å². The maximum atomic E-state index is 13.0. The van der Waals surface area contributed by atoms with E-state index in [4.69, 9.17) is 4.74 Å². The Kier molecular flexibility index (Phi) is 4.57. The molecule has 0 aromatic heterocycles. The maximum Gasteiger partial charge on any atom is 0.137 e. The van der Waals surface area contributed by atoms with Gasteiger partial charge in [-0.2, -0.15) is 0 Å². The van der Waals surface area contributed by atoms with Crippen LogP contribution in [0.15, 0.2) is 22.7 Å². The van der Waals surface area contributed by atoms with Crippen LogP contribution >= 0.6 is 15.9 Å². The van der Waals surface area contributed by atoms with E-state index in [0.29, 0.717) is 17.2 Å². The van der Waals surface area contributed by atoms with Gasteiger partial charge in [-0.15, -0.1) is 0 Å². The van der Waals surface area contributed by atoms with Crippen LogP contribution in [0.5, 0.6) is 0 Å². The van der Waals surface area contributed by atoms with Crippen molar-refractivity contribution >= 4 is 15.9 Å². The smallest absolute Gasteiger partial charge is 0.137 e. The third kappa shape index (κ3) is 3.78. The second-order valence-corrected chi connectivity index (χ2v) is 5.80. The van der Waals surface area contributed by atoms with Gasteiger partial charge in [0, 0.05) is 0 Å². The number of hydrogen-bond donors (Lipinski definition) is 0. The molecule has 0 saturated heterocycles. The molecule has 0 unspecified atom stereocenters. The number of rotatable bonds is 3.